The molecule has 2 heterocycles. The van der Waals surface area contributed by atoms with Gasteiger partial charge in [0, 0.05) is 49.8 Å². The van der Waals surface area contributed by atoms with Crippen LogP contribution in [-0.2, 0) is 16.6 Å². The SMILES string of the molecule is Cc1cc2cc(OCC(=O)N(C)[C@@H]3CC[C@@H](N4CCOCC4)[C@@H]3O)ccc2n1C. The second-order valence-corrected chi connectivity index (χ2v) is 8.21. The number of aliphatic hydroxyl groups excluding tert-OH is 1. The van der Waals surface area contributed by atoms with Crippen LogP contribution in [-0.4, -0.2) is 83.5 Å². The predicted molar refractivity (Wildman–Crippen MR) is 111 cm³/mol. The Kier molecular flexibility index (Phi) is 5.81. The minimum absolute atomic E-state index is 0.0285. The molecule has 1 aromatic heterocycles. The molecule has 1 aliphatic carbocycles. The average Bonchev–Trinajstić information content (AvgIpc) is 3.25. The number of ether oxygens (including phenoxy) is 2. The summed E-state index contributed by atoms with van der Waals surface area (Å²) in [5, 5.41) is 11.9. The Labute approximate surface area is 171 Å². The number of aromatic nitrogens is 1. The summed E-state index contributed by atoms with van der Waals surface area (Å²) >= 11 is 0. The van der Waals surface area contributed by atoms with Crippen LogP contribution in [0, 0.1) is 6.92 Å². The van der Waals surface area contributed by atoms with Gasteiger partial charge >= 0.3 is 0 Å². The van der Waals surface area contributed by atoms with Gasteiger partial charge in [-0.25, -0.2) is 0 Å². The molecule has 4 rings (SSSR count). The Balaban J connectivity index is 1.34. The number of benzene rings is 1. The van der Waals surface area contributed by atoms with Crippen LogP contribution in [0.25, 0.3) is 10.9 Å². The highest BCUT2D eigenvalue weighted by atomic mass is 16.5. The smallest absolute Gasteiger partial charge is 0.260 e. The molecule has 2 aliphatic rings. The number of hydrogen-bond donors (Lipinski definition) is 1. The van der Waals surface area contributed by atoms with Crippen molar-refractivity contribution >= 4 is 16.8 Å². The van der Waals surface area contributed by atoms with Gasteiger partial charge in [0.1, 0.15) is 5.75 Å². The maximum atomic E-state index is 12.7. The second kappa shape index (κ2) is 8.34. The first-order valence-electron chi connectivity index (χ1n) is 10.4. The zero-order chi connectivity index (χ0) is 20.5. The highest BCUT2D eigenvalue weighted by molar-refractivity contribution is 5.83. The van der Waals surface area contributed by atoms with E-state index in [1.165, 1.54) is 5.69 Å². The number of carbonyl (C=O) groups excluding carboxylic acids is 1. The van der Waals surface area contributed by atoms with Crippen LogP contribution in [0.4, 0.5) is 0 Å². The van der Waals surface area contributed by atoms with Crippen LogP contribution < -0.4 is 4.74 Å². The summed E-state index contributed by atoms with van der Waals surface area (Å²) in [7, 11) is 3.80. The summed E-state index contributed by atoms with van der Waals surface area (Å²) in [4.78, 5) is 16.7. The van der Waals surface area contributed by atoms with Gasteiger partial charge < -0.3 is 24.0 Å². The molecule has 1 amide bonds. The van der Waals surface area contributed by atoms with E-state index in [0.717, 1.165) is 36.8 Å². The van der Waals surface area contributed by atoms with Crippen LogP contribution in [0.15, 0.2) is 24.3 Å². The van der Waals surface area contributed by atoms with Gasteiger partial charge in [0.25, 0.3) is 5.91 Å². The van der Waals surface area contributed by atoms with Gasteiger partial charge in [0.15, 0.2) is 6.61 Å². The predicted octanol–water partition coefficient (Wildman–Crippen LogP) is 1.55. The molecule has 158 valence electrons. The molecular weight excluding hydrogens is 370 g/mol. The first-order chi connectivity index (χ1) is 14.0. The lowest BCUT2D eigenvalue weighted by Gasteiger charge is -2.36. The zero-order valence-electron chi connectivity index (χ0n) is 17.5. The van der Waals surface area contributed by atoms with Crippen molar-refractivity contribution in [3.63, 3.8) is 0 Å². The van der Waals surface area contributed by atoms with E-state index in [-0.39, 0.29) is 24.6 Å². The summed E-state index contributed by atoms with van der Waals surface area (Å²) in [5.74, 6) is 0.573. The van der Waals surface area contributed by atoms with Crippen molar-refractivity contribution in [3.05, 3.63) is 30.0 Å². The Morgan fingerprint density at radius 2 is 2.03 bits per heavy atom. The molecule has 2 fully saturated rings. The van der Waals surface area contributed by atoms with Crippen LogP contribution in [0.1, 0.15) is 18.5 Å². The van der Waals surface area contributed by atoms with Gasteiger partial charge in [-0.05, 0) is 44.0 Å². The van der Waals surface area contributed by atoms with E-state index in [1.54, 1.807) is 11.9 Å². The standard InChI is InChI=1S/C22H31N3O4/c1-15-12-16-13-17(4-5-18(16)23(15)2)29-14-21(26)24(3)19-6-7-20(22(19)27)25-8-10-28-11-9-25/h4-5,12-13,19-20,22,27H,6-11,14H2,1-3H3/t19-,20-,22-/m1/s1. The van der Waals surface area contributed by atoms with Crippen LogP contribution in [0.5, 0.6) is 5.75 Å². The Morgan fingerprint density at radius 3 is 2.79 bits per heavy atom. The first kappa shape index (κ1) is 20.2. The van der Waals surface area contributed by atoms with Crippen LogP contribution >= 0.6 is 0 Å². The molecule has 1 aliphatic heterocycles. The van der Waals surface area contributed by atoms with E-state index < -0.39 is 6.10 Å². The molecular formula is C22H31N3O4. The molecule has 29 heavy (non-hydrogen) atoms. The maximum Gasteiger partial charge on any atom is 0.260 e. The number of aryl methyl sites for hydroxylation is 2. The monoisotopic (exact) mass is 401 g/mol. The number of carbonyl (C=O) groups is 1. The third-order valence-corrected chi connectivity index (χ3v) is 6.57. The van der Waals surface area contributed by atoms with Crippen molar-refractivity contribution < 1.29 is 19.4 Å². The number of aliphatic hydroxyl groups is 1. The highest BCUT2D eigenvalue weighted by Crippen LogP contribution is 2.29. The fourth-order valence-electron chi connectivity index (χ4n) is 4.66. The Hall–Kier alpha value is -2.09. The summed E-state index contributed by atoms with van der Waals surface area (Å²) in [6.07, 6.45) is 1.17. The third-order valence-electron chi connectivity index (χ3n) is 6.57. The van der Waals surface area contributed by atoms with Gasteiger partial charge in [0.05, 0.1) is 25.4 Å². The van der Waals surface area contributed by atoms with E-state index in [9.17, 15) is 9.90 Å². The van der Waals surface area contributed by atoms with E-state index in [2.05, 4.69) is 22.5 Å². The molecule has 1 N–H and O–H groups in total. The summed E-state index contributed by atoms with van der Waals surface area (Å²) in [6.45, 7) is 5.15. The fourth-order valence-corrected chi connectivity index (χ4v) is 4.66. The third kappa shape index (κ3) is 3.99. The quantitative estimate of drug-likeness (QED) is 0.823. The van der Waals surface area contributed by atoms with Gasteiger partial charge in [0.2, 0.25) is 0 Å². The molecule has 1 saturated carbocycles. The molecule has 7 nitrogen and oxygen atoms in total. The van der Waals surface area contributed by atoms with Gasteiger partial charge in [-0.3, -0.25) is 9.69 Å². The number of likely N-dealkylation sites (N-methyl/N-ethyl adjacent to an activating group) is 1. The number of rotatable bonds is 5. The first-order valence-corrected chi connectivity index (χ1v) is 10.4. The highest BCUT2D eigenvalue weighted by Gasteiger charge is 2.41. The molecule has 1 aromatic carbocycles. The lowest BCUT2D eigenvalue weighted by molar-refractivity contribution is -0.136. The van der Waals surface area contributed by atoms with Crippen molar-refractivity contribution in [2.24, 2.45) is 7.05 Å². The van der Waals surface area contributed by atoms with E-state index in [1.807, 2.05) is 25.2 Å². The minimum atomic E-state index is -0.536. The average molecular weight is 402 g/mol. The summed E-state index contributed by atoms with van der Waals surface area (Å²) in [6, 6.07) is 7.92. The molecule has 3 atom stereocenters. The van der Waals surface area contributed by atoms with E-state index >= 15 is 0 Å². The van der Waals surface area contributed by atoms with Gasteiger partial charge in [-0.2, -0.15) is 0 Å². The normalized spacial score (nSPS) is 25.4. The Bertz CT molecular complexity index is 874. The van der Waals surface area contributed by atoms with E-state index in [4.69, 9.17) is 9.47 Å². The molecule has 2 aromatic rings. The molecule has 0 bridgehead atoms. The topological polar surface area (TPSA) is 67.2 Å². The van der Waals surface area contributed by atoms with Crippen molar-refractivity contribution in [2.45, 2.75) is 38.0 Å². The number of nitrogens with zero attached hydrogens (tertiary/aromatic N) is 3. The van der Waals surface area contributed by atoms with Crippen molar-refractivity contribution in [3.8, 4) is 5.75 Å². The largest absolute Gasteiger partial charge is 0.484 e. The lowest BCUT2D eigenvalue weighted by Crippen LogP contribution is -2.52. The number of amides is 1. The van der Waals surface area contributed by atoms with Crippen LogP contribution in [0.2, 0.25) is 0 Å². The molecule has 0 spiro atoms. The number of fused-ring (bicyclic) bond motifs is 1. The number of hydrogen-bond acceptors (Lipinski definition) is 5. The number of morpholine rings is 1. The second-order valence-electron chi connectivity index (χ2n) is 8.21. The minimum Gasteiger partial charge on any atom is -0.484 e. The van der Waals surface area contributed by atoms with Crippen molar-refractivity contribution in [1.82, 2.24) is 14.4 Å². The van der Waals surface area contributed by atoms with Crippen LogP contribution in [0.3, 0.4) is 0 Å². The van der Waals surface area contributed by atoms with Gasteiger partial charge in [-0.1, -0.05) is 0 Å². The molecule has 0 radical (unpaired) electrons. The van der Waals surface area contributed by atoms with Crippen molar-refractivity contribution in [1.29, 1.82) is 0 Å². The lowest BCUT2D eigenvalue weighted by atomic mass is 10.1. The molecule has 7 heteroatoms. The summed E-state index contributed by atoms with van der Waals surface area (Å²) in [5.41, 5.74) is 2.32. The summed E-state index contributed by atoms with van der Waals surface area (Å²) < 4.78 is 13.3. The zero-order valence-corrected chi connectivity index (χ0v) is 17.5. The van der Waals surface area contributed by atoms with E-state index in [0.29, 0.717) is 19.0 Å². The van der Waals surface area contributed by atoms with Gasteiger partial charge in [-0.15, -0.1) is 0 Å². The maximum absolute atomic E-state index is 12.7. The van der Waals surface area contributed by atoms with Crippen molar-refractivity contribution in [2.75, 3.05) is 40.0 Å². The fraction of sp³-hybridized carbons (Fsp3) is 0.591. The Morgan fingerprint density at radius 1 is 1.28 bits per heavy atom. The molecule has 0 unspecified atom stereocenters. The molecule has 1 saturated heterocycles.